The minimum atomic E-state index is -0.333. The lowest BCUT2D eigenvalue weighted by molar-refractivity contribution is -0.384. The number of hydrogen-bond donors (Lipinski definition) is 0. The van der Waals surface area contributed by atoms with Crippen molar-refractivity contribution in [3.63, 3.8) is 0 Å². The fourth-order valence-corrected chi connectivity index (χ4v) is 3.49. The van der Waals surface area contributed by atoms with Gasteiger partial charge in [-0.05, 0) is 0 Å². The molecular weight excluding hydrogens is 292 g/mol. The van der Waals surface area contributed by atoms with E-state index in [0.717, 1.165) is 30.3 Å². The molecule has 2 aliphatic heterocycles. The molecule has 0 radical (unpaired) electrons. The summed E-state index contributed by atoms with van der Waals surface area (Å²) in [7, 11) is 0. The number of pyridine rings is 1. The van der Waals surface area contributed by atoms with Crippen molar-refractivity contribution in [3.8, 4) is 0 Å². The Morgan fingerprint density at radius 3 is 2.57 bits per heavy atom. The van der Waals surface area contributed by atoms with Gasteiger partial charge in [0.25, 0.3) is 0 Å². The second-order valence-electron chi connectivity index (χ2n) is 4.99. The van der Waals surface area contributed by atoms with Gasteiger partial charge in [0.2, 0.25) is 5.82 Å². The molecule has 21 heavy (non-hydrogen) atoms. The summed E-state index contributed by atoms with van der Waals surface area (Å²) in [6.07, 6.45) is 1.76. The summed E-state index contributed by atoms with van der Waals surface area (Å²) in [6.45, 7) is 4.30. The summed E-state index contributed by atoms with van der Waals surface area (Å²) in [5.41, 5.74) is 0.937. The number of ether oxygens (including phenoxy) is 1. The molecule has 1 aromatic rings. The fraction of sp³-hybridized carbons (Fsp3) is 0.615. The van der Waals surface area contributed by atoms with Crippen molar-refractivity contribution in [1.29, 1.82) is 0 Å². The third kappa shape index (κ3) is 3.21. The predicted molar refractivity (Wildman–Crippen MR) is 83.5 cm³/mol. The van der Waals surface area contributed by atoms with Crippen LogP contribution in [0.2, 0.25) is 0 Å². The molecule has 0 amide bonds. The quantitative estimate of drug-likeness (QED) is 0.617. The number of rotatable bonds is 3. The highest BCUT2D eigenvalue weighted by molar-refractivity contribution is 7.99. The van der Waals surface area contributed by atoms with Crippen LogP contribution in [0.25, 0.3) is 0 Å². The summed E-state index contributed by atoms with van der Waals surface area (Å²) in [5.74, 6) is 2.57. The van der Waals surface area contributed by atoms with Gasteiger partial charge in [-0.3, -0.25) is 10.1 Å². The third-order valence-electron chi connectivity index (χ3n) is 3.72. The molecule has 3 rings (SSSR count). The monoisotopic (exact) mass is 310 g/mol. The fourth-order valence-electron chi connectivity index (χ4n) is 2.58. The van der Waals surface area contributed by atoms with Crippen molar-refractivity contribution < 1.29 is 9.66 Å². The second-order valence-corrected chi connectivity index (χ2v) is 6.22. The first-order valence-electron chi connectivity index (χ1n) is 7.05. The Balaban J connectivity index is 1.88. The Morgan fingerprint density at radius 2 is 1.90 bits per heavy atom. The average molecular weight is 310 g/mol. The molecule has 3 heterocycles. The Morgan fingerprint density at radius 1 is 1.19 bits per heavy atom. The van der Waals surface area contributed by atoms with Gasteiger partial charge in [-0.15, -0.1) is 0 Å². The van der Waals surface area contributed by atoms with Crippen LogP contribution in [0.5, 0.6) is 0 Å². The van der Waals surface area contributed by atoms with Crippen molar-refractivity contribution in [2.75, 3.05) is 60.7 Å². The number of thioether (sulfide) groups is 1. The highest BCUT2D eigenvalue weighted by Gasteiger charge is 2.25. The lowest BCUT2D eigenvalue weighted by atomic mass is 10.3. The van der Waals surface area contributed by atoms with Gasteiger partial charge < -0.3 is 14.5 Å². The Labute approximate surface area is 127 Å². The zero-order valence-corrected chi connectivity index (χ0v) is 12.5. The first kappa shape index (κ1) is 14.4. The van der Waals surface area contributed by atoms with Gasteiger partial charge in [-0.1, -0.05) is 0 Å². The van der Waals surface area contributed by atoms with E-state index in [1.54, 1.807) is 12.3 Å². The van der Waals surface area contributed by atoms with Crippen LogP contribution in [0.4, 0.5) is 17.2 Å². The standard InChI is InChI=1S/C13H18N4O3S/c18-17(19)12-9-11(15-3-7-21-8-4-15)10-14-13(12)16-1-5-20-6-2-16/h9-10H,1-8H2. The molecule has 2 saturated heterocycles. The molecule has 7 nitrogen and oxygen atoms in total. The van der Waals surface area contributed by atoms with Crippen molar-refractivity contribution in [2.45, 2.75) is 0 Å². The number of nitrogens with zero attached hydrogens (tertiary/aromatic N) is 4. The van der Waals surface area contributed by atoms with Gasteiger partial charge in [-0.2, -0.15) is 11.8 Å². The van der Waals surface area contributed by atoms with Crippen LogP contribution in [0, 0.1) is 10.1 Å². The van der Waals surface area contributed by atoms with Crippen LogP contribution in [-0.2, 0) is 4.74 Å². The van der Waals surface area contributed by atoms with Crippen LogP contribution in [0.15, 0.2) is 12.3 Å². The van der Waals surface area contributed by atoms with Gasteiger partial charge in [0.1, 0.15) is 0 Å². The van der Waals surface area contributed by atoms with E-state index in [-0.39, 0.29) is 10.6 Å². The molecule has 2 aliphatic rings. The van der Waals surface area contributed by atoms with E-state index in [4.69, 9.17) is 4.74 Å². The molecule has 2 fully saturated rings. The van der Waals surface area contributed by atoms with Gasteiger partial charge in [0, 0.05) is 43.8 Å². The van der Waals surface area contributed by atoms with E-state index in [1.807, 2.05) is 16.7 Å². The van der Waals surface area contributed by atoms with Crippen LogP contribution in [0.3, 0.4) is 0 Å². The molecule has 0 N–H and O–H groups in total. The molecule has 0 aromatic carbocycles. The first-order valence-corrected chi connectivity index (χ1v) is 8.21. The second kappa shape index (κ2) is 6.48. The normalized spacial score (nSPS) is 19.6. The van der Waals surface area contributed by atoms with E-state index in [9.17, 15) is 10.1 Å². The van der Waals surface area contributed by atoms with Crippen LogP contribution in [0.1, 0.15) is 0 Å². The highest BCUT2D eigenvalue weighted by Crippen LogP contribution is 2.31. The van der Waals surface area contributed by atoms with E-state index in [1.165, 1.54) is 0 Å². The molecule has 0 spiro atoms. The topological polar surface area (TPSA) is 71.7 Å². The van der Waals surface area contributed by atoms with Gasteiger partial charge in [-0.25, -0.2) is 4.98 Å². The number of anilines is 2. The zero-order valence-electron chi connectivity index (χ0n) is 11.7. The largest absolute Gasteiger partial charge is 0.378 e. The minimum absolute atomic E-state index is 0.0904. The molecule has 1 aromatic heterocycles. The van der Waals surface area contributed by atoms with Crippen molar-refractivity contribution in [1.82, 2.24) is 4.98 Å². The van der Waals surface area contributed by atoms with Gasteiger partial charge in [0.05, 0.1) is 30.0 Å². The molecule has 114 valence electrons. The molecule has 0 bridgehead atoms. The minimum Gasteiger partial charge on any atom is -0.378 e. The Bertz CT molecular complexity index is 516. The molecular formula is C13H18N4O3S. The zero-order chi connectivity index (χ0) is 14.7. The molecule has 0 unspecified atom stereocenters. The van der Waals surface area contributed by atoms with E-state index < -0.39 is 0 Å². The molecule has 0 atom stereocenters. The lowest BCUT2D eigenvalue weighted by Gasteiger charge is -2.30. The molecule has 0 aliphatic carbocycles. The molecule has 0 saturated carbocycles. The number of nitro groups is 1. The van der Waals surface area contributed by atoms with Crippen molar-refractivity contribution >= 4 is 29.0 Å². The third-order valence-corrected chi connectivity index (χ3v) is 4.66. The van der Waals surface area contributed by atoms with Crippen LogP contribution >= 0.6 is 11.8 Å². The summed E-state index contributed by atoms with van der Waals surface area (Å²) in [4.78, 5) is 19.5. The van der Waals surface area contributed by atoms with E-state index in [2.05, 4.69) is 9.88 Å². The van der Waals surface area contributed by atoms with E-state index in [0.29, 0.717) is 32.1 Å². The Hall–Kier alpha value is -1.54. The average Bonchev–Trinajstić information content (AvgIpc) is 2.56. The highest BCUT2D eigenvalue weighted by atomic mass is 32.2. The SMILES string of the molecule is O=[N+]([O-])c1cc(N2CCSCC2)cnc1N1CCOCC1. The summed E-state index contributed by atoms with van der Waals surface area (Å²) in [6, 6.07) is 1.66. The maximum Gasteiger partial charge on any atom is 0.313 e. The maximum atomic E-state index is 11.4. The number of morpholine rings is 1. The van der Waals surface area contributed by atoms with Crippen LogP contribution in [-0.4, -0.2) is 60.8 Å². The predicted octanol–water partition coefficient (Wildman–Crippen LogP) is 1.38. The summed E-state index contributed by atoms with van der Waals surface area (Å²) >= 11 is 1.91. The lowest BCUT2D eigenvalue weighted by Crippen LogP contribution is -2.37. The summed E-state index contributed by atoms with van der Waals surface area (Å²) in [5, 5.41) is 11.4. The number of aromatic nitrogens is 1. The number of hydrogen-bond acceptors (Lipinski definition) is 7. The van der Waals surface area contributed by atoms with E-state index >= 15 is 0 Å². The maximum absolute atomic E-state index is 11.4. The van der Waals surface area contributed by atoms with Gasteiger partial charge in [0.15, 0.2) is 0 Å². The van der Waals surface area contributed by atoms with Crippen LogP contribution < -0.4 is 9.80 Å². The van der Waals surface area contributed by atoms with Crippen molar-refractivity contribution in [2.24, 2.45) is 0 Å². The molecule has 8 heteroatoms. The van der Waals surface area contributed by atoms with Gasteiger partial charge >= 0.3 is 5.69 Å². The van der Waals surface area contributed by atoms with Crippen molar-refractivity contribution in [3.05, 3.63) is 22.4 Å². The Kier molecular flexibility index (Phi) is 4.45. The smallest absolute Gasteiger partial charge is 0.313 e. The summed E-state index contributed by atoms with van der Waals surface area (Å²) < 4.78 is 5.29. The first-order chi connectivity index (χ1) is 10.3.